The van der Waals surface area contributed by atoms with E-state index in [-0.39, 0.29) is 13.2 Å². The molecule has 2 rings (SSSR count). The van der Waals surface area contributed by atoms with E-state index in [2.05, 4.69) is 4.98 Å². The lowest BCUT2D eigenvalue weighted by molar-refractivity contribution is 0.0912. The van der Waals surface area contributed by atoms with Crippen molar-refractivity contribution in [3.8, 4) is 5.75 Å². The van der Waals surface area contributed by atoms with Crippen LogP contribution in [0.25, 0.3) is 0 Å². The molecule has 100 valence electrons. The first kappa shape index (κ1) is 13.1. The molecule has 0 spiro atoms. The van der Waals surface area contributed by atoms with Gasteiger partial charge in [-0.15, -0.1) is 0 Å². The number of aromatic amines is 1. The van der Waals surface area contributed by atoms with Gasteiger partial charge in [-0.25, -0.2) is 4.79 Å². The van der Waals surface area contributed by atoms with Crippen molar-refractivity contribution in [1.29, 1.82) is 0 Å². The van der Waals surface area contributed by atoms with Crippen molar-refractivity contribution in [2.45, 2.75) is 12.6 Å². The molecule has 2 N–H and O–H groups in total. The molecular formula is C13H14N2O4. The quantitative estimate of drug-likeness (QED) is 0.793. The molecule has 2 aromatic rings. The lowest BCUT2D eigenvalue weighted by Crippen LogP contribution is -2.34. The Balaban J connectivity index is 1.92. The van der Waals surface area contributed by atoms with E-state index in [0.29, 0.717) is 5.75 Å². The maximum Gasteiger partial charge on any atom is 0.328 e. The third kappa shape index (κ3) is 3.82. The van der Waals surface area contributed by atoms with Crippen LogP contribution < -0.4 is 16.0 Å². The largest absolute Gasteiger partial charge is 0.491 e. The molecule has 0 saturated heterocycles. The molecule has 6 nitrogen and oxygen atoms in total. The second kappa shape index (κ2) is 6.01. The summed E-state index contributed by atoms with van der Waals surface area (Å²) in [4.78, 5) is 24.4. The molecule has 19 heavy (non-hydrogen) atoms. The minimum atomic E-state index is -0.844. The molecule has 6 heteroatoms. The van der Waals surface area contributed by atoms with E-state index >= 15 is 0 Å². The second-order valence-corrected chi connectivity index (χ2v) is 4.04. The van der Waals surface area contributed by atoms with Crippen molar-refractivity contribution in [3.05, 3.63) is 63.4 Å². The molecule has 1 unspecified atom stereocenters. The number of ether oxygens (including phenoxy) is 1. The van der Waals surface area contributed by atoms with E-state index in [1.165, 1.54) is 16.8 Å². The van der Waals surface area contributed by atoms with Crippen LogP contribution in [0.2, 0.25) is 0 Å². The third-order valence-electron chi connectivity index (χ3n) is 2.49. The summed E-state index contributed by atoms with van der Waals surface area (Å²) in [5.41, 5.74) is -1.01. The highest BCUT2D eigenvalue weighted by Crippen LogP contribution is 2.08. The normalized spacial score (nSPS) is 12.1. The molecule has 0 amide bonds. The van der Waals surface area contributed by atoms with Crippen molar-refractivity contribution >= 4 is 0 Å². The summed E-state index contributed by atoms with van der Waals surface area (Å²) in [6.45, 7) is 0.123. The highest BCUT2D eigenvalue weighted by molar-refractivity contribution is 5.20. The fraction of sp³-hybridized carbons (Fsp3) is 0.231. The molecule has 0 aliphatic carbocycles. The number of aliphatic hydroxyl groups excluding tert-OH is 1. The Morgan fingerprint density at radius 1 is 1.21 bits per heavy atom. The number of para-hydroxylation sites is 1. The molecule has 0 radical (unpaired) electrons. The third-order valence-corrected chi connectivity index (χ3v) is 2.49. The second-order valence-electron chi connectivity index (χ2n) is 4.04. The van der Waals surface area contributed by atoms with Crippen molar-refractivity contribution in [2.75, 3.05) is 6.61 Å². The minimum absolute atomic E-state index is 0.0580. The average Bonchev–Trinajstić information content (AvgIpc) is 2.41. The predicted molar refractivity (Wildman–Crippen MR) is 69.3 cm³/mol. The number of benzene rings is 1. The lowest BCUT2D eigenvalue weighted by Gasteiger charge is -2.13. The van der Waals surface area contributed by atoms with Crippen molar-refractivity contribution in [1.82, 2.24) is 9.55 Å². The Labute approximate surface area is 108 Å². The zero-order valence-electron chi connectivity index (χ0n) is 10.2. The number of hydrogen-bond acceptors (Lipinski definition) is 4. The fourth-order valence-corrected chi connectivity index (χ4v) is 1.58. The van der Waals surface area contributed by atoms with Crippen LogP contribution in [-0.2, 0) is 6.54 Å². The summed E-state index contributed by atoms with van der Waals surface area (Å²) in [7, 11) is 0. The Bertz CT molecular complexity index is 633. The van der Waals surface area contributed by atoms with E-state index in [1.807, 2.05) is 18.2 Å². The van der Waals surface area contributed by atoms with Gasteiger partial charge in [-0.3, -0.25) is 14.3 Å². The van der Waals surface area contributed by atoms with E-state index in [0.717, 1.165) is 0 Å². The number of hydrogen-bond donors (Lipinski definition) is 2. The molecule has 0 fully saturated rings. The fourth-order valence-electron chi connectivity index (χ4n) is 1.58. The van der Waals surface area contributed by atoms with Crippen LogP contribution in [0.15, 0.2) is 52.2 Å². The monoisotopic (exact) mass is 262 g/mol. The van der Waals surface area contributed by atoms with Gasteiger partial charge in [0.15, 0.2) is 0 Å². The van der Waals surface area contributed by atoms with Crippen LogP contribution in [0, 0.1) is 0 Å². The molecule has 0 aliphatic rings. The van der Waals surface area contributed by atoms with E-state index < -0.39 is 17.4 Å². The standard InChI is InChI=1S/C13H14N2O4/c16-10(9-19-11-4-2-1-3-5-11)8-15-7-6-12(17)14-13(15)18/h1-7,10,16H,8-9H2,(H,14,17,18). The first-order chi connectivity index (χ1) is 9.15. The number of aromatic nitrogens is 2. The van der Waals surface area contributed by atoms with Gasteiger partial charge in [0, 0.05) is 12.3 Å². The zero-order valence-corrected chi connectivity index (χ0v) is 10.2. The van der Waals surface area contributed by atoms with Crippen LogP contribution in [-0.4, -0.2) is 27.4 Å². The summed E-state index contributed by atoms with van der Waals surface area (Å²) < 4.78 is 6.59. The van der Waals surface area contributed by atoms with Gasteiger partial charge in [-0.1, -0.05) is 18.2 Å². The average molecular weight is 262 g/mol. The first-order valence-corrected chi connectivity index (χ1v) is 5.81. The van der Waals surface area contributed by atoms with Crippen LogP contribution in [0.3, 0.4) is 0 Å². The number of H-pyrrole nitrogens is 1. The predicted octanol–water partition coefficient (Wildman–Crippen LogP) is -0.0235. The number of nitrogens with zero attached hydrogens (tertiary/aromatic N) is 1. The molecule has 0 bridgehead atoms. The molecule has 1 aromatic carbocycles. The van der Waals surface area contributed by atoms with Crippen LogP contribution in [0.5, 0.6) is 5.75 Å². The molecule has 1 atom stereocenters. The topological polar surface area (TPSA) is 84.3 Å². The Hall–Kier alpha value is -2.34. The van der Waals surface area contributed by atoms with E-state index in [1.54, 1.807) is 12.1 Å². The van der Waals surface area contributed by atoms with Gasteiger partial charge < -0.3 is 9.84 Å². The maximum absolute atomic E-state index is 11.4. The smallest absolute Gasteiger partial charge is 0.328 e. The summed E-state index contributed by atoms with van der Waals surface area (Å²) in [5.74, 6) is 0.648. The van der Waals surface area contributed by atoms with Crippen LogP contribution >= 0.6 is 0 Å². The van der Waals surface area contributed by atoms with E-state index in [4.69, 9.17) is 4.74 Å². The van der Waals surface area contributed by atoms with Crippen molar-refractivity contribution < 1.29 is 9.84 Å². The summed E-state index contributed by atoms with van der Waals surface area (Å²) >= 11 is 0. The summed E-state index contributed by atoms with van der Waals surface area (Å²) in [6, 6.07) is 10.3. The van der Waals surface area contributed by atoms with Crippen LogP contribution in [0.1, 0.15) is 0 Å². The van der Waals surface area contributed by atoms with Gasteiger partial charge >= 0.3 is 5.69 Å². The minimum Gasteiger partial charge on any atom is -0.491 e. The van der Waals surface area contributed by atoms with Gasteiger partial charge in [0.2, 0.25) is 0 Å². The Morgan fingerprint density at radius 3 is 2.63 bits per heavy atom. The molecule has 1 heterocycles. The Kier molecular flexibility index (Phi) is 4.15. The summed E-state index contributed by atoms with van der Waals surface area (Å²) in [6.07, 6.45) is 0.496. The van der Waals surface area contributed by atoms with Gasteiger partial charge in [0.1, 0.15) is 18.5 Å². The van der Waals surface area contributed by atoms with Gasteiger partial charge in [0.05, 0.1) is 6.54 Å². The number of rotatable bonds is 5. The number of nitrogens with one attached hydrogen (secondary N) is 1. The highest BCUT2D eigenvalue weighted by Gasteiger charge is 2.07. The molecule has 1 aromatic heterocycles. The number of aliphatic hydroxyl groups is 1. The SMILES string of the molecule is O=c1ccn(CC(O)COc2ccccc2)c(=O)[nH]1. The molecule has 0 aliphatic heterocycles. The highest BCUT2D eigenvalue weighted by atomic mass is 16.5. The summed E-state index contributed by atoms with van der Waals surface area (Å²) in [5, 5.41) is 9.78. The van der Waals surface area contributed by atoms with Gasteiger partial charge in [-0.05, 0) is 12.1 Å². The van der Waals surface area contributed by atoms with Crippen LogP contribution in [0.4, 0.5) is 0 Å². The van der Waals surface area contributed by atoms with Crippen molar-refractivity contribution in [2.24, 2.45) is 0 Å². The van der Waals surface area contributed by atoms with Crippen molar-refractivity contribution in [3.63, 3.8) is 0 Å². The molecule has 0 saturated carbocycles. The zero-order chi connectivity index (χ0) is 13.7. The van der Waals surface area contributed by atoms with E-state index in [9.17, 15) is 14.7 Å². The maximum atomic E-state index is 11.4. The van der Waals surface area contributed by atoms with Gasteiger partial charge in [0.25, 0.3) is 5.56 Å². The first-order valence-electron chi connectivity index (χ1n) is 5.81. The van der Waals surface area contributed by atoms with Gasteiger partial charge in [-0.2, -0.15) is 0 Å². The Morgan fingerprint density at radius 2 is 1.95 bits per heavy atom. The molecular weight excluding hydrogens is 248 g/mol. The lowest BCUT2D eigenvalue weighted by atomic mass is 10.3.